The second-order valence-corrected chi connectivity index (χ2v) is 7.33. The second-order valence-electron chi connectivity index (χ2n) is 7.33. The van der Waals surface area contributed by atoms with Crippen molar-refractivity contribution in [3.05, 3.63) is 60.0 Å². The van der Waals surface area contributed by atoms with Gasteiger partial charge in [-0.05, 0) is 50.2 Å². The van der Waals surface area contributed by atoms with Crippen LogP contribution in [0.1, 0.15) is 31.9 Å². The molecule has 0 spiro atoms. The molecule has 0 bridgehead atoms. The number of alkyl halides is 2. The number of pyridine rings is 1. The molecule has 11 heteroatoms. The largest absolute Gasteiger partial charge is 0.415 e. The number of carbonyl (C=O) groups is 2. The first-order valence-electron chi connectivity index (χ1n) is 9.17. The Morgan fingerprint density at radius 2 is 1.77 bits per heavy atom. The minimum Gasteiger partial charge on any atom is -0.415 e. The first-order valence-corrected chi connectivity index (χ1v) is 9.17. The minimum absolute atomic E-state index is 0.106. The average molecular weight is 431 g/mol. The summed E-state index contributed by atoms with van der Waals surface area (Å²) in [5, 5.41) is 6.80. The van der Waals surface area contributed by atoms with Crippen LogP contribution in [0.25, 0.3) is 11.5 Å². The molecule has 0 unspecified atom stereocenters. The maximum Gasteiger partial charge on any atom is 0.332 e. The number of halogens is 3. The molecule has 31 heavy (non-hydrogen) atoms. The standard InChI is InChI=1S/C20H16F3N5O3/c1-20(2)18(29)27(19(30)28(20)14-7-4-12(21)5-8-14)10-13-6-3-11(9-24-13)16-25-26-17(31-16)15(22)23/h3-9,15H,10H2,1-2H3. The Morgan fingerprint density at radius 3 is 2.35 bits per heavy atom. The highest BCUT2D eigenvalue weighted by Gasteiger charge is 2.52. The molecule has 1 fully saturated rings. The molecule has 160 valence electrons. The third-order valence-corrected chi connectivity index (χ3v) is 4.85. The predicted molar refractivity (Wildman–Crippen MR) is 101 cm³/mol. The summed E-state index contributed by atoms with van der Waals surface area (Å²) in [7, 11) is 0. The van der Waals surface area contributed by atoms with Gasteiger partial charge in [0.05, 0.1) is 17.8 Å². The molecule has 0 aliphatic carbocycles. The van der Waals surface area contributed by atoms with Gasteiger partial charge in [-0.2, -0.15) is 8.78 Å². The van der Waals surface area contributed by atoms with E-state index < -0.39 is 35.6 Å². The van der Waals surface area contributed by atoms with Crippen LogP contribution in [0.15, 0.2) is 47.0 Å². The molecule has 3 heterocycles. The monoisotopic (exact) mass is 431 g/mol. The number of carbonyl (C=O) groups excluding carboxylic acids is 2. The zero-order valence-corrected chi connectivity index (χ0v) is 16.4. The van der Waals surface area contributed by atoms with Gasteiger partial charge in [-0.25, -0.2) is 9.18 Å². The number of imide groups is 1. The summed E-state index contributed by atoms with van der Waals surface area (Å²) in [5.41, 5.74) is -0.0855. The van der Waals surface area contributed by atoms with Gasteiger partial charge in [0.15, 0.2) is 0 Å². The molecule has 8 nitrogen and oxygen atoms in total. The second kappa shape index (κ2) is 7.49. The lowest BCUT2D eigenvalue weighted by Crippen LogP contribution is -2.44. The fourth-order valence-electron chi connectivity index (χ4n) is 3.28. The third-order valence-electron chi connectivity index (χ3n) is 4.85. The Kier molecular flexibility index (Phi) is 4.96. The first kappa shape index (κ1) is 20.5. The topological polar surface area (TPSA) is 92.4 Å². The fourth-order valence-corrected chi connectivity index (χ4v) is 3.28. The van der Waals surface area contributed by atoms with E-state index >= 15 is 0 Å². The molecule has 3 aromatic rings. The zero-order valence-electron chi connectivity index (χ0n) is 16.4. The van der Waals surface area contributed by atoms with E-state index in [4.69, 9.17) is 4.42 Å². The number of hydrogen-bond donors (Lipinski definition) is 0. The van der Waals surface area contributed by atoms with Crippen LogP contribution >= 0.6 is 0 Å². The first-order chi connectivity index (χ1) is 14.7. The van der Waals surface area contributed by atoms with Crippen LogP contribution in [0, 0.1) is 5.82 Å². The highest BCUT2D eigenvalue weighted by atomic mass is 19.3. The highest BCUT2D eigenvalue weighted by molar-refractivity contribution is 6.16. The van der Waals surface area contributed by atoms with Crippen molar-refractivity contribution in [3.63, 3.8) is 0 Å². The van der Waals surface area contributed by atoms with Crippen LogP contribution < -0.4 is 4.90 Å². The predicted octanol–water partition coefficient (Wildman–Crippen LogP) is 3.96. The summed E-state index contributed by atoms with van der Waals surface area (Å²) >= 11 is 0. The van der Waals surface area contributed by atoms with Gasteiger partial charge in [-0.1, -0.05) is 0 Å². The smallest absolute Gasteiger partial charge is 0.332 e. The van der Waals surface area contributed by atoms with Gasteiger partial charge in [0, 0.05) is 11.9 Å². The van der Waals surface area contributed by atoms with E-state index in [0.717, 1.165) is 4.90 Å². The molecule has 2 aromatic heterocycles. The van der Waals surface area contributed by atoms with Gasteiger partial charge >= 0.3 is 12.5 Å². The van der Waals surface area contributed by atoms with E-state index in [1.165, 1.54) is 47.5 Å². The van der Waals surface area contributed by atoms with Crippen molar-refractivity contribution in [2.75, 3.05) is 4.90 Å². The van der Waals surface area contributed by atoms with E-state index in [-0.39, 0.29) is 12.4 Å². The highest BCUT2D eigenvalue weighted by Crippen LogP contribution is 2.34. The number of aromatic nitrogens is 3. The van der Waals surface area contributed by atoms with Crippen molar-refractivity contribution in [1.82, 2.24) is 20.1 Å². The number of amides is 3. The van der Waals surface area contributed by atoms with Crippen LogP contribution in [-0.4, -0.2) is 37.6 Å². The van der Waals surface area contributed by atoms with Crippen molar-refractivity contribution in [3.8, 4) is 11.5 Å². The Morgan fingerprint density at radius 1 is 1.06 bits per heavy atom. The molecule has 1 aliphatic rings. The van der Waals surface area contributed by atoms with E-state index in [0.29, 0.717) is 16.9 Å². The van der Waals surface area contributed by atoms with Crippen molar-refractivity contribution < 1.29 is 27.2 Å². The Hall–Kier alpha value is -3.76. The van der Waals surface area contributed by atoms with Crippen LogP contribution in [0.2, 0.25) is 0 Å². The van der Waals surface area contributed by atoms with Crippen molar-refractivity contribution in [2.45, 2.75) is 32.4 Å². The van der Waals surface area contributed by atoms with Crippen molar-refractivity contribution in [2.24, 2.45) is 0 Å². The summed E-state index contributed by atoms with van der Waals surface area (Å²) in [4.78, 5) is 32.4. The number of hydrogen-bond acceptors (Lipinski definition) is 6. The molecule has 0 N–H and O–H groups in total. The summed E-state index contributed by atoms with van der Waals surface area (Å²) in [6.45, 7) is 3.10. The van der Waals surface area contributed by atoms with E-state index in [1.807, 2.05) is 0 Å². The third kappa shape index (κ3) is 3.62. The average Bonchev–Trinajstić information content (AvgIpc) is 3.29. The van der Waals surface area contributed by atoms with Gasteiger partial charge in [0.1, 0.15) is 11.4 Å². The molecular formula is C20H16F3N5O3. The lowest BCUT2D eigenvalue weighted by Gasteiger charge is -2.27. The number of anilines is 1. The molecule has 0 radical (unpaired) electrons. The van der Waals surface area contributed by atoms with Crippen LogP contribution in [0.5, 0.6) is 0 Å². The van der Waals surface area contributed by atoms with Crippen LogP contribution in [0.4, 0.5) is 23.7 Å². The molecular weight excluding hydrogens is 415 g/mol. The SMILES string of the molecule is CC1(C)C(=O)N(Cc2ccc(-c3nnc(C(F)F)o3)cn2)C(=O)N1c1ccc(F)cc1. The van der Waals surface area contributed by atoms with E-state index in [2.05, 4.69) is 15.2 Å². The fraction of sp³-hybridized carbons (Fsp3) is 0.250. The number of benzene rings is 1. The number of urea groups is 1. The van der Waals surface area contributed by atoms with Crippen molar-refractivity contribution >= 4 is 17.6 Å². The Bertz CT molecular complexity index is 1130. The molecule has 1 aliphatic heterocycles. The zero-order chi connectivity index (χ0) is 22.3. The quantitative estimate of drug-likeness (QED) is 0.568. The van der Waals surface area contributed by atoms with E-state index in [9.17, 15) is 22.8 Å². The maximum absolute atomic E-state index is 13.3. The summed E-state index contributed by atoms with van der Waals surface area (Å²) in [6, 6.07) is 7.75. The molecule has 0 saturated carbocycles. The minimum atomic E-state index is -2.88. The normalized spacial score (nSPS) is 15.9. The molecule has 0 atom stereocenters. The van der Waals surface area contributed by atoms with Gasteiger partial charge in [-0.3, -0.25) is 19.6 Å². The van der Waals surface area contributed by atoms with Crippen LogP contribution in [0.3, 0.4) is 0 Å². The van der Waals surface area contributed by atoms with Gasteiger partial charge < -0.3 is 4.42 Å². The molecule has 3 amide bonds. The number of rotatable bonds is 5. The van der Waals surface area contributed by atoms with Crippen molar-refractivity contribution in [1.29, 1.82) is 0 Å². The summed E-state index contributed by atoms with van der Waals surface area (Å²) in [5.74, 6) is -1.81. The Balaban J connectivity index is 1.55. The molecule has 4 rings (SSSR count). The lowest BCUT2D eigenvalue weighted by molar-refractivity contribution is -0.130. The van der Waals surface area contributed by atoms with Crippen LogP contribution in [-0.2, 0) is 11.3 Å². The number of nitrogens with zero attached hydrogens (tertiary/aromatic N) is 5. The summed E-state index contributed by atoms with van der Waals surface area (Å²) < 4.78 is 43.3. The van der Waals surface area contributed by atoms with Gasteiger partial charge in [0.2, 0.25) is 5.89 Å². The lowest BCUT2D eigenvalue weighted by atomic mass is 10.0. The molecule has 1 aromatic carbocycles. The summed E-state index contributed by atoms with van der Waals surface area (Å²) in [6.07, 6.45) is -1.56. The van der Waals surface area contributed by atoms with Gasteiger partial charge in [-0.15, -0.1) is 10.2 Å². The Labute approximate surface area is 174 Å². The van der Waals surface area contributed by atoms with E-state index in [1.54, 1.807) is 13.8 Å². The maximum atomic E-state index is 13.3. The molecule has 1 saturated heterocycles. The van der Waals surface area contributed by atoms with Gasteiger partial charge in [0.25, 0.3) is 11.8 Å².